The second-order valence-electron chi connectivity index (χ2n) is 10.8. The van der Waals surface area contributed by atoms with Gasteiger partial charge in [-0.3, -0.25) is 4.79 Å². The Kier molecular flexibility index (Phi) is 6.56. The number of aryl methyl sites for hydroxylation is 4. The van der Waals surface area contributed by atoms with Gasteiger partial charge in [0.2, 0.25) is 6.33 Å². The number of methoxy groups -OCH3 is 1. The Hall–Kier alpha value is -4.20. The first-order chi connectivity index (χ1) is 19.2. The molecular formula is C32H33FN3O4+. The predicted molar refractivity (Wildman–Crippen MR) is 148 cm³/mol. The van der Waals surface area contributed by atoms with Gasteiger partial charge in [-0.25, -0.2) is 8.96 Å². The molecule has 0 radical (unpaired) electrons. The van der Waals surface area contributed by atoms with E-state index in [1.165, 1.54) is 7.11 Å². The third-order valence-electron chi connectivity index (χ3n) is 8.05. The van der Waals surface area contributed by atoms with Crippen LogP contribution in [0.4, 0.5) is 4.39 Å². The summed E-state index contributed by atoms with van der Waals surface area (Å²) in [7, 11) is 5.29. The summed E-state index contributed by atoms with van der Waals surface area (Å²) in [6.07, 6.45) is 3.23. The molecule has 2 atom stereocenters. The quantitative estimate of drug-likeness (QED) is 0.240. The van der Waals surface area contributed by atoms with E-state index in [2.05, 4.69) is 31.1 Å². The molecule has 2 aliphatic rings. The van der Waals surface area contributed by atoms with Gasteiger partial charge in [-0.2, -0.15) is 0 Å². The van der Waals surface area contributed by atoms with Gasteiger partial charge in [-0.15, -0.1) is 4.68 Å². The summed E-state index contributed by atoms with van der Waals surface area (Å²) in [6.45, 7) is 4.63. The van der Waals surface area contributed by atoms with Crippen LogP contribution in [0.2, 0.25) is 0 Å². The number of rotatable bonds is 6. The molecule has 2 heterocycles. The van der Waals surface area contributed by atoms with Crippen molar-refractivity contribution in [2.45, 2.75) is 45.1 Å². The van der Waals surface area contributed by atoms with E-state index in [1.54, 1.807) is 10.7 Å². The van der Waals surface area contributed by atoms with Crippen molar-refractivity contribution in [3.8, 4) is 34.0 Å². The summed E-state index contributed by atoms with van der Waals surface area (Å²) in [6, 6.07) is 13.4. The number of hydrogen-bond donors (Lipinski definition) is 0. The molecule has 6 rings (SSSR count). The van der Waals surface area contributed by atoms with E-state index in [1.807, 2.05) is 49.3 Å². The van der Waals surface area contributed by atoms with Crippen LogP contribution in [0.1, 0.15) is 52.7 Å². The number of carbonyl (C=O) groups is 1. The van der Waals surface area contributed by atoms with Crippen molar-refractivity contribution in [1.29, 1.82) is 0 Å². The molecule has 3 aromatic carbocycles. The van der Waals surface area contributed by atoms with Crippen LogP contribution >= 0.6 is 0 Å². The van der Waals surface area contributed by atoms with Gasteiger partial charge >= 0.3 is 11.8 Å². The molecule has 0 saturated carbocycles. The lowest BCUT2D eigenvalue weighted by Crippen LogP contribution is -2.28. The SMILES string of the molecule is COC(=O)C[C@@H]1COc2cc(O[C@@H]3CCc4c(-c5c(C)cc(-c6nn(C)c[n+]6C)cc5C)ccc(F)c43)ccc21. The number of benzene rings is 3. The first-order valence-corrected chi connectivity index (χ1v) is 13.6. The maximum atomic E-state index is 15.3. The Bertz CT molecular complexity index is 1620. The van der Waals surface area contributed by atoms with E-state index in [0.717, 1.165) is 51.2 Å². The van der Waals surface area contributed by atoms with Crippen LogP contribution in [-0.2, 0) is 30.0 Å². The van der Waals surface area contributed by atoms with E-state index in [0.29, 0.717) is 30.1 Å². The minimum atomic E-state index is -0.396. The zero-order valence-corrected chi connectivity index (χ0v) is 23.5. The Balaban J connectivity index is 1.30. The van der Waals surface area contributed by atoms with E-state index in [9.17, 15) is 4.79 Å². The topological polar surface area (TPSA) is 66.5 Å². The predicted octanol–water partition coefficient (Wildman–Crippen LogP) is 5.44. The molecule has 0 unspecified atom stereocenters. The number of esters is 1. The summed E-state index contributed by atoms with van der Waals surface area (Å²) in [4.78, 5) is 11.7. The molecule has 40 heavy (non-hydrogen) atoms. The largest absolute Gasteiger partial charge is 0.492 e. The summed E-state index contributed by atoms with van der Waals surface area (Å²) >= 11 is 0. The molecule has 206 valence electrons. The number of nitrogens with zero attached hydrogens (tertiary/aromatic N) is 3. The van der Waals surface area contributed by atoms with Gasteiger partial charge in [-0.05, 0) is 78.8 Å². The highest BCUT2D eigenvalue weighted by molar-refractivity contribution is 5.78. The number of ether oxygens (including phenoxy) is 3. The molecule has 0 amide bonds. The average molecular weight is 543 g/mol. The summed E-state index contributed by atoms with van der Waals surface area (Å²) in [5.41, 5.74) is 8.07. The van der Waals surface area contributed by atoms with Gasteiger partial charge in [0.1, 0.15) is 23.4 Å². The Labute approximate surface area is 233 Å². The van der Waals surface area contributed by atoms with Crippen molar-refractivity contribution >= 4 is 5.97 Å². The highest BCUT2D eigenvalue weighted by Crippen LogP contribution is 2.45. The fourth-order valence-corrected chi connectivity index (χ4v) is 6.30. The highest BCUT2D eigenvalue weighted by atomic mass is 19.1. The van der Waals surface area contributed by atoms with Crippen molar-refractivity contribution in [2.24, 2.45) is 14.1 Å². The summed E-state index contributed by atoms with van der Waals surface area (Å²) < 4.78 is 36.2. The lowest BCUT2D eigenvalue weighted by molar-refractivity contribution is -0.661. The molecular weight excluding hydrogens is 509 g/mol. The summed E-state index contributed by atoms with van der Waals surface area (Å²) in [5, 5.41) is 4.61. The number of aromatic nitrogens is 3. The van der Waals surface area contributed by atoms with E-state index < -0.39 is 6.10 Å². The lowest BCUT2D eigenvalue weighted by atomic mass is 9.89. The van der Waals surface area contributed by atoms with Gasteiger partial charge in [0.25, 0.3) is 0 Å². The van der Waals surface area contributed by atoms with Crippen molar-refractivity contribution in [3.05, 3.63) is 82.4 Å². The van der Waals surface area contributed by atoms with Crippen molar-refractivity contribution < 1.29 is 28.0 Å². The monoisotopic (exact) mass is 542 g/mol. The van der Waals surface area contributed by atoms with Gasteiger partial charge in [0, 0.05) is 28.2 Å². The van der Waals surface area contributed by atoms with Crippen LogP contribution in [0, 0.1) is 19.7 Å². The number of carbonyl (C=O) groups excluding carboxylic acids is 1. The van der Waals surface area contributed by atoms with Gasteiger partial charge < -0.3 is 14.2 Å². The van der Waals surface area contributed by atoms with Crippen LogP contribution in [0.25, 0.3) is 22.5 Å². The molecule has 0 bridgehead atoms. The Morgan fingerprint density at radius 2 is 1.95 bits per heavy atom. The fourth-order valence-electron chi connectivity index (χ4n) is 6.30. The number of fused-ring (bicyclic) bond motifs is 2. The highest BCUT2D eigenvalue weighted by Gasteiger charge is 2.32. The van der Waals surface area contributed by atoms with Crippen LogP contribution in [-0.4, -0.2) is 29.5 Å². The Morgan fingerprint density at radius 3 is 2.65 bits per heavy atom. The average Bonchev–Trinajstić information content (AvgIpc) is 3.62. The minimum Gasteiger partial charge on any atom is -0.492 e. The van der Waals surface area contributed by atoms with Crippen molar-refractivity contribution in [1.82, 2.24) is 9.78 Å². The normalized spacial score (nSPS) is 17.4. The molecule has 0 saturated heterocycles. The molecule has 1 aliphatic carbocycles. The molecule has 1 aromatic heterocycles. The second-order valence-corrected chi connectivity index (χ2v) is 10.8. The number of hydrogen-bond acceptors (Lipinski definition) is 5. The molecule has 8 heteroatoms. The van der Waals surface area contributed by atoms with Crippen LogP contribution in [0.5, 0.6) is 11.5 Å². The fraction of sp³-hybridized carbons (Fsp3) is 0.344. The number of halogens is 1. The molecule has 0 spiro atoms. The maximum Gasteiger partial charge on any atom is 0.308 e. The molecule has 0 fully saturated rings. The minimum absolute atomic E-state index is 0.0400. The maximum absolute atomic E-state index is 15.3. The third-order valence-corrected chi connectivity index (χ3v) is 8.05. The molecule has 7 nitrogen and oxygen atoms in total. The van der Waals surface area contributed by atoms with Gasteiger partial charge in [-0.1, -0.05) is 12.1 Å². The molecule has 0 N–H and O–H groups in total. The van der Waals surface area contributed by atoms with Crippen LogP contribution in [0.3, 0.4) is 0 Å². The third kappa shape index (κ3) is 4.51. The molecule has 1 aliphatic heterocycles. The van der Waals surface area contributed by atoms with Gasteiger partial charge in [0.15, 0.2) is 0 Å². The lowest BCUT2D eigenvalue weighted by Gasteiger charge is -2.19. The Morgan fingerprint density at radius 1 is 1.18 bits per heavy atom. The van der Waals surface area contributed by atoms with Crippen molar-refractivity contribution in [2.75, 3.05) is 13.7 Å². The van der Waals surface area contributed by atoms with Crippen LogP contribution in [0.15, 0.2) is 48.8 Å². The van der Waals surface area contributed by atoms with Gasteiger partial charge in [0.05, 0.1) is 39.8 Å². The smallest absolute Gasteiger partial charge is 0.308 e. The van der Waals surface area contributed by atoms with Crippen LogP contribution < -0.4 is 14.0 Å². The van der Waals surface area contributed by atoms with E-state index in [4.69, 9.17) is 14.2 Å². The van der Waals surface area contributed by atoms with Crippen molar-refractivity contribution in [3.63, 3.8) is 0 Å². The van der Waals surface area contributed by atoms with E-state index in [-0.39, 0.29) is 24.1 Å². The first kappa shape index (κ1) is 26.0. The standard InChI is InChI=1S/C32H33FN3O4/c1-18-12-20(32-34-36(4)17-35(32)3)13-19(2)30(18)24-8-10-26(33)31-25(24)9-11-27(31)40-22-6-7-23-21(14-29(37)38-5)16-39-28(23)15-22/h6-8,10,12-13,15,17,21,27H,9,11,14,16H2,1-5H3/q+1/t21-,27-/m1/s1. The zero-order chi connectivity index (χ0) is 28.1. The second kappa shape index (κ2) is 10.1. The zero-order valence-electron chi connectivity index (χ0n) is 23.5. The summed E-state index contributed by atoms with van der Waals surface area (Å²) in [5.74, 6) is 1.67. The molecule has 4 aromatic rings. The van der Waals surface area contributed by atoms with E-state index >= 15 is 4.39 Å². The first-order valence-electron chi connectivity index (χ1n) is 13.6.